The number of rotatable bonds is 8. The molecule has 90 valence electrons. The number of aliphatic hydroxyl groups excluding tert-OH is 1. The molecule has 0 rings (SSSR count). The maximum atomic E-state index is 11.5. The van der Waals surface area contributed by atoms with Crippen LogP contribution in [0.3, 0.4) is 0 Å². The van der Waals surface area contributed by atoms with Gasteiger partial charge in [0.15, 0.2) is 0 Å². The van der Waals surface area contributed by atoms with Crippen molar-refractivity contribution in [1.29, 1.82) is 0 Å². The van der Waals surface area contributed by atoms with Gasteiger partial charge in [-0.15, -0.1) is 0 Å². The van der Waals surface area contributed by atoms with Crippen LogP contribution in [0.1, 0.15) is 40.0 Å². The Balaban J connectivity index is 3.69. The van der Waals surface area contributed by atoms with Gasteiger partial charge < -0.3 is 15.7 Å². The molecular weight excluding hydrogens is 192 g/mol. The summed E-state index contributed by atoms with van der Waals surface area (Å²) in [4.78, 5) is 11.5. The fraction of sp³-hybridized carbons (Fsp3) is 0.909. The normalized spacial score (nSPS) is 14.7. The average molecular weight is 216 g/mol. The van der Waals surface area contributed by atoms with E-state index in [1.54, 1.807) is 0 Å². The minimum atomic E-state index is -0.162. The average Bonchev–Trinajstić information content (AvgIpc) is 2.22. The second-order valence-electron chi connectivity index (χ2n) is 3.95. The molecule has 1 amide bonds. The zero-order chi connectivity index (χ0) is 11.7. The van der Waals surface area contributed by atoms with Gasteiger partial charge in [0.2, 0.25) is 5.91 Å². The Bertz CT molecular complexity index is 174. The molecule has 0 heterocycles. The van der Waals surface area contributed by atoms with Gasteiger partial charge in [0.05, 0.1) is 6.04 Å². The maximum Gasteiger partial charge on any atom is 0.236 e. The van der Waals surface area contributed by atoms with Gasteiger partial charge in [0.25, 0.3) is 0 Å². The zero-order valence-corrected chi connectivity index (χ0v) is 10.0. The Morgan fingerprint density at radius 2 is 2.07 bits per heavy atom. The van der Waals surface area contributed by atoms with Gasteiger partial charge in [0, 0.05) is 19.2 Å². The lowest BCUT2D eigenvalue weighted by Gasteiger charge is -2.19. The van der Waals surface area contributed by atoms with E-state index in [0.717, 1.165) is 25.8 Å². The van der Waals surface area contributed by atoms with Gasteiger partial charge in [0.1, 0.15) is 0 Å². The van der Waals surface area contributed by atoms with E-state index < -0.39 is 0 Å². The second-order valence-corrected chi connectivity index (χ2v) is 3.95. The number of carbonyl (C=O) groups is 1. The summed E-state index contributed by atoms with van der Waals surface area (Å²) in [6, 6.07) is 0.102. The van der Waals surface area contributed by atoms with Crippen molar-refractivity contribution in [3.63, 3.8) is 0 Å². The molecule has 0 bridgehead atoms. The number of nitrogens with one attached hydrogen (secondary N) is 2. The molecule has 0 radical (unpaired) electrons. The van der Waals surface area contributed by atoms with Crippen molar-refractivity contribution in [3.05, 3.63) is 0 Å². The first-order valence-corrected chi connectivity index (χ1v) is 5.76. The predicted octanol–water partition coefficient (Wildman–Crippen LogP) is 0.652. The molecule has 0 aromatic heterocycles. The second kappa shape index (κ2) is 8.68. The zero-order valence-electron chi connectivity index (χ0n) is 10.0. The van der Waals surface area contributed by atoms with Gasteiger partial charge in [-0.2, -0.15) is 0 Å². The Hall–Kier alpha value is -0.610. The smallest absolute Gasteiger partial charge is 0.236 e. The highest BCUT2D eigenvalue weighted by Gasteiger charge is 2.13. The molecule has 0 aliphatic rings. The van der Waals surface area contributed by atoms with Gasteiger partial charge in [-0.3, -0.25) is 4.79 Å². The highest BCUT2D eigenvalue weighted by Crippen LogP contribution is 1.97. The molecule has 3 N–H and O–H groups in total. The van der Waals surface area contributed by atoms with Gasteiger partial charge in [-0.1, -0.05) is 6.92 Å². The summed E-state index contributed by atoms with van der Waals surface area (Å²) in [5.74, 6) is 0.0488. The highest BCUT2D eigenvalue weighted by molar-refractivity contribution is 5.81. The first-order chi connectivity index (χ1) is 7.11. The molecule has 15 heavy (non-hydrogen) atoms. The summed E-state index contributed by atoms with van der Waals surface area (Å²) in [5, 5.41) is 14.7. The summed E-state index contributed by atoms with van der Waals surface area (Å²) in [6.07, 6.45) is 2.62. The molecule has 0 saturated heterocycles. The molecule has 0 aromatic carbocycles. The van der Waals surface area contributed by atoms with Crippen LogP contribution >= 0.6 is 0 Å². The van der Waals surface area contributed by atoms with E-state index in [1.807, 2.05) is 20.8 Å². The molecule has 4 heteroatoms. The van der Waals surface area contributed by atoms with Crippen LogP contribution < -0.4 is 10.6 Å². The number of hydrogen-bond acceptors (Lipinski definition) is 3. The van der Waals surface area contributed by atoms with Crippen molar-refractivity contribution in [2.24, 2.45) is 0 Å². The van der Waals surface area contributed by atoms with Crippen LogP contribution in [-0.4, -0.2) is 36.2 Å². The summed E-state index contributed by atoms with van der Waals surface area (Å²) in [6.45, 7) is 6.86. The SMILES string of the molecule is CCCNC(=O)C(C)NC(C)CCCO. The fourth-order valence-corrected chi connectivity index (χ4v) is 1.38. The highest BCUT2D eigenvalue weighted by atomic mass is 16.2. The van der Waals surface area contributed by atoms with E-state index in [1.165, 1.54) is 0 Å². The number of hydrogen-bond donors (Lipinski definition) is 3. The van der Waals surface area contributed by atoms with E-state index in [4.69, 9.17) is 5.11 Å². The van der Waals surface area contributed by atoms with Gasteiger partial charge in [-0.25, -0.2) is 0 Å². The topological polar surface area (TPSA) is 61.4 Å². The van der Waals surface area contributed by atoms with Crippen LogP contribution in [0.4, 0.5) is 0 Å². The van der Waals surface area contributed by atoms with Gasteiger partial charge >= 0.3 is 0 Å². The van der Waals surface area contributed by atoms with Crippen molar-refractivity contribution in [3.8, 4) is 0 Å². The van der Waals surface area contributed by atoms with E-state index in [9.17, 15) is 4.79 Å². The molecule has 2 unspecified atom stereocenters. The lowest BCUT2D eigenvalue weighted by Crippen LogP contribution is -2.45. The van der Waals surface area contributed by atoms with Crippen LogP contribution in [0.5, 0.6) is 0 Å². The molecule has 0 aliphatic carbocycles. The third-order valence-electron chi connectivity index (χ3n) is 2.27. The van der Waals surface area contributed by atoms with Crippen molar-refractivity contribution in [2.75, 3.05) is 13.2 Å². The van der Waals surface area contributed by atoms with Crippen LogP contribution in [0.25, 0.3) is 0 Å². The quantitative estimate of drug-likeness (QED) is 0.558. The summed E-state index contributed by atoms with van der Waals surface area (Å²) >= 11 is 0. The fourth-order valence-electron chi connectivity index (χ4n) is 1.38. The lowest BCUT2D eigenvalue weighted by atomic mass is 10.1. The monoisotopic (exact) mass is 216 g/mol. The molecule has 4 nitrogen and oxygen atoms in total. The van der Waals surface area contributed by atoms with E-state index in [2.05, 4.69) is 10.6 Å². The molecule has 0 fully saturated rings. The molecule has 0 saturated carbocycles. The number of carbonyl (C=O) groups excluding carboxylic acids is 1. The molecule has 0 aromatic rings. The van der Waals surface area contributed by atoms with Crippen molar-refractivity contribution in [1.82, 2.24) is 10.6 Å². The van der Waals surface area contributed by atoms with E-state index >= 15 is 0 Å². The molecule has 2 atom stereocenters. The van der Waals surface area contributed by atoms with Crippen molar-refractivity contribution < 1.29 is 9.90 Å². The third kappa shape index (κ3) is 7.33. The summed E-state index contributed by atoms with van der Waals surface area (Å²) in [7, 11) is 0. The Labute approximate surface area is 92.4 Å². The van der Waals surface area contributed by atoms with E-state index in [0.29, 0.717) is 0 Å². The Morgan fingerprint density at radius 3 is 2.60 bits per heavy atom. The van der Waals surface area contributed by atoms with Crippen LogP contribution in [0.2, 0.25) is 0 Å². The predicted molar refractivity (Wildman–Crippen MR) is 61.7 cm³/mol. The van der Waals surface area contributed by atoms with Gasteiger partial charge in [-0.05, 0) is 33.1 Å². The summed E-state index contributed by atoms with van der Waals surface area (Å²) in [5.41, 5.74) is 0. The van der Waals surface area contributed by atoms with Crippen molar-refractivity contribution in [2.45, 2.75) is 52.1 Å². The van der Waals surface area contributed by atoms with E-state index in [-0.39, 0.29) is 24.6 Å². The lowest BCUT2D eigenvalue weighted by molar-refractivity contribution is -0.122. The standard InChI is InChI=1S/C11H24N2O2/c1-4-7-12-11(15)10(3)13-9(2)6-5-8-14/h9-10,13-14H,4-8H2,1-3H3,(H,12,15). The van der Waals surface area contributed by atoms with Crippen LogP contribution in [0.15, 0.2) is 0 Å². The van der Waals surface area contributed by atoms with Crippen molar-refractivity contribution >= 4 is 5.91 Å². The molecular formula is C11H24N2O2. The summed E-state index contributed by atoms with van der Waals surface area (Å²) < 4.78 is 0. The third-order valence-corrected chi connectivity index (χ3v) is 2.27. The maximum absolute atomic E-state index is 11.5. The number of amides is 1. The Morgan fingerprint density at radius 1 is 1.40 bits per heavy atom. The minimum Gasteiger partial charge on any atom is -0.396 e. The Kier molecular flexibility index (Phi) is 8.33. The van der Waals surface area contributed by atoms with Crippen LogP contribution in [-0.2, 0) is 4.79 Å². The minimum absolute atomic E-state index is 0.0488. The first-order valence-electron chi connectivity index (χ1n) is 5.76. The van der Waals surface area contributed by atoms with Crippen LogP contribution in [0, 0.1) is 0 Å². The number of aliphatic hydroxyl groups is 1. The largest absolute Gasteiger partial charge is 0.396 e. The molecule has 0 spiro atoms. The first kappa shape index (κ1) is 14.4. The molecule has 0 aliphatic heterocycles.